The van der Waals surface area contributed by atoms with Gasteiger partial charge in [-0.05, 0) is 25.7 Å². The van der Waals surface area contributed by atoms with Gasteiger partial charge in [0.25, 0.3) is 0 Å². The third-order valence-corrected chi connectivity index (χ3v) is 1.16. The molecule has 8 heavy (non-hydrogen) atoms. The molecule has 0 fully saturated rings. The Hall–Kier alpha value is -0.0831. The van der Waals surface area contributed by atoms with Gasteiger partial charge in [-0.1, -0.05) is 12.2 Å². The van der Waals surface area contributed by atoms with Crippen LogP contribution in [-0.2, 0) is 0 Å². The van der Waals surface area contributed by atoms with Crippen molar-refractivity contribution in [2.45, 2.75) is 25.7 Å². The third kappa shape index (κ3) is 4.09. The highest BCUT2D eigenvalue weighted by Gasteiger charge is 1.87. The molecule has 0 radical (unpaired) electrons. The molecule has 1 aliphatic carbocycles. The van der Waals surface area contributed by atoms with Crippen LogP contribution in [0.25, 0.3) is 0 Å². The summed E-state index contributed by atoms with van der Waals surface area (Å²) in [6, 6.07) is 0. The Morgan fingerprint density at radius 1 is 1.00 bits per heavy atom. The van der Waals surface area contributed by atoms with Crippen molar-refractivity contribution >= 4 is 10.5 Å². The first-order chi connectivity index (χ1) is 4.00. The lowest BCUT2D eigenvalue weighted by Crippen LogP contribution is -1.77. The van der Waals surface area contributed by atoms with Crippen molar-refractivity contribution in [2.24, 2.45) is 0 Å². The molecule has 0 amide bonds. The van der Waals surface area contributed by atoms with E-state index in [4.69, 9.17) is 4.80 Å². The molecule has 0 heterocycles. The van der Waals surface area contributed by atoms with Gasteiger partial charge >= 0.3 is 0 Å². The number of allylic oxidation sites excluding steroid dienone is 2. The van der Waals surface area contributed by atoms with Crippen LogP contribution in [0.5, 0.6) is 0 Å². The summed E-state index contributed by atoms with van der Waals surface area (Å²) in [6.45, 7) is 0. The zero-order chi connectivity index (χ0) is 6.24. The summed E-state index contributed by atoms with van der Waals surface area (Å²) in [5.74, 6) is 0. The van der Waals surface area contributed by atoms with Crippen molar-refractivity contribution in [3.05, 3.63) is 12.2 Å². The van der Waals surface area contributed by atoms with Crippen molar-refractivity contribution < 1.29 is 4.80 Å². The minimum absolute atomic E-state index is 0.306. The van der Waals surface area contributed by atoms with Crippen molar-refractivity contribution in [3.8, 4) is 0 Å². The maximum absolute atomic E-state index is 7.14. The summed E-state index contributed by atoms with van der Waals surface area (Å²) < 4.78 is 0. The van der Waals surface area contributed by atoms with Gasteiger partial charge < -0.3 is 4.80 Å². The van der Waals surface area contributed by atoms with E-state index in [0.29, 0.717) is 10.5 Å². The Morgan fingerprint density at radius 3 is 1.50 bits per heavy atom. The molecule has 1 rings (SSSR count). The van der Waals surface area contributed by atoms with Crippen LogP contribution < -0.4 is 0 Å². The molecule has 0 saturated heterocycles. The number of hydrogen-bond acceptors (Lipinski definition) is 1. The molecule has 48 valence electrons. The molecular weight excluding hydrogens is 116 g/mol. The van der Waals surface area contributed by atoms with E-state index in [1.807, 2.05) is 0 Å². The zero-order valence-corrected chi connectivity index (χ0v) is 7.43. The van der Waals surface area contributed by atoms with Crippen molar-refractivity contribution in [2.75, 3.05) is 0 Å². The van der Waals surface area contributed by atoms with Gasteiger partial charge in [0.2, 0.25) is 0 Å². The predicted octanol–water partition coefficient (Wildman–Crippen LogP) is 0.376. The van der Waals surface area contributed by atoms with Crippen LogP contribution in [0.3, 0.4) is 0 Å². The topological polar surface area (TPSA) is 20.2 Å². The summed E-state index contributed by atoms with van der Waals surface area (Å²) >= 11 is 0. The predicted molar refractivity (Wildman–Crippen MR) is 39.8 cm³/mol. The fourth-order valence-corrected chi connectivity index (χ4v) is 0.760. The van der Waals surface area contributed by atoms with Gasteiger partial charge in [0, 0.05) is 0 Å². The van der Waals surface area contributed by atoms with Gasteiger partial charge in [-0.2, -0.15) is 0 Å². The summed E-state index contributed by atoms with van der Waals surface area (Å²) in [5, 5.41) is 0. The highest BCUT2D eigenvalue weighted by Crippen LogP contribution is 2.07. The normalized spacial score (nSPS) is 17.1. The molecule has 0 bridgehead atoms. The molecule has 1 nitrogen and oxygen atoms in total. The Kier molecular flexibility index (Phi) is 6.85. The molecule has 2 heteroatoms. The highest BCUT2D eigenvalue weighted by atomic mass is 28.2. The summed E-state index contributed by atoms with van der Waals surface area (Å²) in [5.41, 5.74) is 0. The van der Waals surface area contributed by atoms with Gasteiger partial charge in [0.05, 0.1) is 0 Å². The van der Waals surface area contributed by atoms with Crippen LogP contribution in [0.15, 0.2) is 12.2 Å². The Bertz CT molecular complexity index is 53.5. The lowest BCUT2D eigenvalue weighted by atomic mass is 10.1. The molecule has 1 N–H and O–H groups in total. The second kappa shape index (κ2) is 6.92. The second-order valence-electron chi connectivity index (χ2n) is 1.76. The van der Waals surface area contributed by atoms with Crippen LogP contribution >= 0.6 is 0 Å². The van der Waals surface area contributed by atoms with E-state index in [-0.39, 0.29) is 0 Å². The maximum Gasteiger partial charge on any atom is 0.141 e. The fourth-order valence-electron chi connectivity index (χ4n) is 0.760. The summed E-state index contributed by atoms with van der Waals surface area (Å²) in [7, 11) is 0.306. The molecule has 0 aliphatic heterocycles. The third-order valence-electron chi connectivity index (χ3n) is 1.16. The molecular formula is C6H14OSi. The Balaban J connectivity index is 0.000000222. The van der Waals surface area contributed by atoms with E-state index in [1.165, 1.54) is 25.7 Å². The largest absolute Gasteiger partial charge is 0.442 e. The maximum atomic E-state index is 7.14. The first kappa shape index (κ1) is 7.92. The number of rotatable bonds is 0. The van der Waals surface area contributed by atoms with Crippen LogP contribution in [-0.4, -0.2) is 15.3 Å². The number of hydrogen-bond donors (Lipinski definition) is 1. The Morgan fingerprint density at radius 2 is 1.38 bits per heavy atom. The SMILES string of the molecule is C1=CCCCC1.O[SiH3]. The van der Waals surface area contributed by atoms with E-state index in [2.05, 4.69) is 12.2 Å². The van der Waals surface area contributed by atoms with Gasteiger partial charge in [0.15, 0.2) is 0 Å². The average molecular weight is 130 g/mol. The molecule has 0 unspecified atom stereocenters. The summed E-state index contributed by atoms with van der Waals surface area (Å²) in [4.78, 5) is 7.14. The van der Waals surface area contributed by atoms with Crippen LogP contribution in [0.2, 0.25) is 0 Å². The second-order valence-corrected chi connectivity index (χ2v) is 1.76. The fraction of sp³-hybridized carbons (Fsp3) is 0.667. The van der Waals surface area contributed by atoms with Crippen molar-refractivity contribution in [3.63, 3.8) is 0 Å². The van der Waals surface area contributed by atoms with Crippen molar-refractivity contribution in [1.82, 2.24) is 0 Å². The minimum atomic E-state index is 0.306. The van der Waals surface area contributed by atoms with E-state index < -0.39 is 0 Å². The van der Waals surface area contributed by atoms with Gasteiger partial charge in [-0.15, -0.1) is 0 Å². The first-order valence-corrected chi connectivity index (χ1v) is 3.99. The molecule has 0 saturated carbocycles. The Labute approximate surface area is 54.0 Å². The van der Waals surface area contributed by atoms with Crippen LogP contribution in [0.4, 0.5) is 0 Å². The van der Waals surface area contributed by atoms with Gasteiger partial charge in [-0.3, -0.25) is 0 Å². The molecule has 0 atom stereocenters. The molecule has 0 aromatic carbocycles. The van der Waals surface area contributed by atoms with Gasteiger partial charge in [0.1, 0.15) is 10.5 Å². The molecule has 1 aliphatic rings. The summed E-state index contributed by atoms with van der Waals surface area (Å²) in [6.07, 6.45) is 10.0. The molecule has 0 aromatic heterocycles. The lowest BCUT2D eigenvalue weighted by Gasteiger charge is -1.97. The molecule has 0 spiro atoms. The highest BCUT2D eigenvalue weighted by molar-refractivity contribution is 5.95. The monoisotopic (exact) mass is 130 g/mol. The zero-order valence-electron chi connectivity index (χ0n) is 5.43. The van der Waals surface area contributed by atoms with Crippen LogP contribution in [0.1, 0.15) is 25.7 Å². The van der Waals surface area contributed by atoms with Crippen LogP contribution in [0, 0.1) is 0 Å². The lowest BCUT2D eigenvalue weighted by molar-refractivity contribution is 0.629. The molecule has 0 aromatic rings. The average Bonchev–Trinajstić information content (AvgIpc) is 1.96. The smallest absolute Gasteiger partial charge is 0.141 e. The van der Waals surface area contributed by atoms with E-state index in [9.17, 15) is 0 Å². The van der Waals surface area contributed by atoms with E-state index in [1.54, 1.807) is 0 Å². The van der Waals surface area contributed by atoms with Crippen molar-refractivity contribution in [1.29, 1.82) is 0 Å². The quantitative estimate of drug-likeness (QED) is 0.371. The minimum Gasteiger partial charge on any atom is -0.442 e. The first-order valence-electron chi connectivity index (χ1n) is 3.10. The van der Waals surface area contributed by atoms with E-state index >= 15 is 0 Å². The van der Waals surface area contributed by atoms with Gasteiger partial charge in [-0.25, -0.2) is 0 Å². The standard InChI is InChI=1S/C6H10.H4OSi/c1-2-4-6-5-3-1;1-2/h1-2H,3-6H2;1H,2H3. The van der Waals surface area contributed by atoms with E-state index in [0.717, 1.165) is 0 Å².